The minimum atomic E-state index is 0.0265. The summed E-state index contributed by atoms with van der Waals surface area (Å²) in [6, 6.07) is 14.4. The molecule has 4 rings (SSSR count). The number of benzene rings is 2. The molecule has 1 aromatic heterocycles. The monoisotopic (exact) mass is 403 g/mol. The zero-order chi connectivity index (χ0) is 21.1. The fraction of sp³-hybridized carbons (Fsp3) is 0.360. The van der Waals surface area contributed by atoms with Crippen LogP contribution < -0.4 is 10.1 Å². The Morgan fingerprint density at radius 3 is 2.73 bits per heavy atom. The third kappa shape index (κ3) is 4.25. The summed E-state index contributed by atoms with van der Waals surface area (Å²) in [7, 11) is 1.66. The molecular weight excluding hydrogens is 374 g/mol. The number of amides is 1. The third-order valence-corrected chi connectivity index (χ3v) is 5.78. The summed E-state index contributed by atoms with van der Waals surface area (Å²) in [5, 5.41) is 7.91. The predicted octanol–water partition coefficient (Wildman–Crippen LogP) is 4.62. The van der Waals surface area contributed by atoms with Crippen molar-refractivity contribution in [1.29, 1.82) is 0 Å². The highest BCUT2D eigenvalue weighted by Crippen LogP contribution is 2.31. The first-order valence-corrected chi connectivity index (χ1v) is 10.6. The van der Waals surface area contributed by atoms with Crippen molar-refractivity contribution < 1.29 is 9.53 Å². The highest BCUT2D eigenvalue weighted by molar-refractivity contribution is 5.77. The number of carbonyl (C=O) groups is 1. The Balaban J connectivity index is 1.47. The Hall–Kier alpha value is -3.08. The minimum Gasteiger partial charge on any atom is -0.496 e. The third-order valence-electron chi connectivity index (χ3n) is 5.78. The molecule has 0 spiro atoms. The maximum Gasteiger partial charge on any atom is 0.220 e. The molecule has 0 saturated heterocycles. The van der Waals surface area contributed by atoms with Gasteiger partial charge in [0.15, 0.2) is 0 Å². The lowest BCUT2D eigenvalue weighted by Crippen LogP contribution is -2.31. The lowest BCUT2D eigenvalue weighted by Gasteiger charge is -2.24. The lowest BCUT2D eigenvalue weighted by molar-refractivity contribution is -0.121. The van der Waals surface area contributed by atoms with E-state index in [1.54, 1.807) is 7.11 Å². The summed E-state index contributed by atoms with van der Waals surface area (Å²) in [4.78, 5) is 12.7. The van der Waals surface area contributed by atoms with Crippen molar-refractivity contribution in [2.45, 2.75) is 52.0 Å². The maximum absolute atomic E-state index is 12.7. The molecule has 1 aliphatic carbocycles. The fourth-order valence-electron chi connectivity index (χ4n) is 4.43. The summed E-state index contributed by atoms with van der Waals surface area (Å²) in [5.74, 6) is 0.901. The van der Waals surface area contributed by atoms with Gasteiger partial charge in [0, 0.05) is 17.7 Å². The number of carbonyl (C=O) groups excluding carboxylic acids is 1. The van der Waals surface area contributed by atoms with Crippen LogP contribution in [0.4, 0.5) is 0 Å². The van der Waals surface area contributed by atoms with E-state index in [1.165, 1.54) is 16.8 Å². The van der Waals surface area contributed by atoms with E-state index in [1.807, 2.05) is 35.1 Å². The number of fused-ring (bicyclic) bond motifs is 1. The quantitative estimate of drug-likeness (QED) is 0.653. The van der Waals surface area contributed by atoms with Crippen molar-refractivity contribution in [2.24, 2.45) is 0 Å². The maximum atomic E-state index is 12.7. The van der Waals surface area contributed by atoms with E-state index >= 15 is 0 Å². The highest BCUT2D eigenvalue weighted by atomic mass is 16.5. The van der Waals surface area contributed by atoms with Gasteiger partial charge in [0.2, 0.25) is 5.91 Å². The van der Waals surface area contributed by atoms with Crippen molar-refractivity contribution in [3.63, 3.8) is 0 Å². The van der Waals surface area contributed by atoms with Gasteiger partial charge in [-0.2, -0.15) is 5.10 Å². The van der Waals surface area contributed by atoms with Gasteiger partial charge in [0.1, 0.15) is 5.75 Å². The van der Waals surface area contributed by atoms with Crippen LogP contribution in [-0.2, 0) is 17.6 Å². The molecule has 0 radical (unpaired) electrons. The van der Waals surface area contributed by atoms with E-state index in [0.29, 0.717) is 12.8 Å². The first-order chi connectivity index (χ1) is 14.5. The van der Waals surface area contributed by atoms with Crippen molar-refractivity contribution in [3.8, 4) is 11.4 Å². The van der Waals surface area contributed by atoms with Crippen molar-refractivity contribution in [1.82, 2.24) is 15.1 Å². The normalized spacial score (nSPS) is 15.5. The van der Waals surface area contributed by atoms with E-state index < -0.39 is 0 Å². The average molecular weight is 404 g/mol. The number of para-hydroxylation sites is 1. The molecule has 156 valence electrons. The van der Waals surface area contributed by atoms with Crippen molar-refractivity contribution in [3.05, 3.63) is 76.6 Å². The Morgan fingerprint density at radius 1 is 1.20 bits per heavy atom. The zero-order valence-corrected chi connectivity index (χ0v) is 17.9. The predicted molar refractivity (Wildman–Crippen MR) is 118 cm³/mol. The number of rotatable bonds is 6. The lowest BCUT2D eigenvalue weighted by atomic mass is 9.92. The largest absolute Gasteiger partial charge is 0.496 e. The van der Waals surface area contributed by atoms with Crippen LogP contribution in [0.5, 0.6) is 5.75 Å². The number of methoxy groups -OCH3 is 1. The Morgan fingerprint density at radius 2 is 1.97 bits per heavy atom. The van der Waals surface area contributed by atoms with Crippen LogP contribution in [0, 0.1) is 13.8 Å². The second-order valence-corrected chi connectivity index (χ2v) is 8.13. The number of ether oxygens (including phenoxy) is 1. The van der Waals surface area contributed by atoms with Crippen molar-refractivity contribution >= 4 is 5.91 Å². The standard InChI is InChI=1S/C25H29N3O2/c1-17-13-18(2)15-20(14-17)28-23-9-6-8-22(21(23)16-26-28)27-25(29)12-11-19-7-4-5-10-24(19)30-3/h4-5,7,10,13-16,22H,6,8-9,11-12H2,1-3H3,(H,27,29)/t22-/m1/s1. The van der Waals surface area contributed by atoms with Crippen LogP contribution in [0.3, 0.4) is 0 Å². The van der Waals surface area contributed by atoms with Gasteiger partial charge in [0.05, 0.1) is 25.0 Å². The van der Waals surface area contributed by atoms with Gasteiger partial charge in [-0.05, 0) is 74.4 Å². The van der Waals surface area contributed by atoms with Crippen LogP contribution in [0.2, 0.25) is 0 Å². The molecule has 1 aliphatic rings. The second-order valence-electron chi connectivity index (χ2n) is 8.13. The summed E-state index contributed by atoms with van der Waals surface area (Å²) < 4.78 is 7.44. The molecular formula is C25H29N3O2. The zero-order valence-electron chi connectivity index (χ0n) is 17.9. The molecule has 5 heteroatoms. The van der Waals surface area contributed by atoms with E-state index in [0.717, 1.165) is 41.8 Å². The first kappa shape index (κ1) is 20.2. The van der Waals surface area contributed by atoms with Crippen molar-refractivity contribution in [2.75, 3.05) is 7.11 Å². The highest BCUT2D eigenvalue weighted by Gasteiger charge is 2.26. The number of nitrogens with one attached hydrogen (secondary N) is 1. The molecule has 5 nitrogen and oxygen atoms in total. The van der Waals surface area contributed by atoms with Crippen LogP contribution in [0.25, 0.3) is 5.69 Å². The molecule has 1 amide bonds. The van der Waals surface area contributed by atoms with E-state index in [2.05, 4.69) is 42.5 Å². The van der Waals surface area contributed by atoms with Crippen LogP contribution in [0.15, 0.2) is 48.7 Å². The molecule has 0 saturated carbocycles. The Bertz CT molecular complexity index is 1030. The molecule has 0 aliphatic heterocycles. The van der Waals surface area contributed by atoms with Gasteiger partial charge in [0.25, 0.3) is 0 Å². The minimum absolute atomic E-state index is 0.0265. The van der Waals surface area contributed by atoms with Gasteiger partial charge < -0.3 is 10.1 Å². The molecule has 1 N–H and O–H groups in total. The van der Waals surface area contributed by atoms with Gasteiger partial charge in [-0.25, -0.2) is 4.68 Å². The molecule has 0 bridgehead atoms. The number of nitrogens with zero attached hydrogens (tertiary/aromatic N) is 2. The topological polar surface area (TPSA) is 56.1 Å². The van der Waals surface area contributed by atoms with Crippen LogP contribution in [-0.4, -0.2) is 22.8 Å². The summed E-state index contributed by atoms with van der Waals surface area (Å²) in [6.07, 6.45) is 6.01. The SMILES string of the molecule is COc1ccccc1CCC(=O)N[C@@H]1CCCc2c1cnn2-c1cc(C)cc(C)c1. The summed E-state index contributed by atoms with van der Waals surface area (Å²) >= 11 is 0. The number of hydrogen-bond acceptors (Lipinski definition) is 3. The number of hydrogen-bond donors (Lipinski definition) is 1. The number of aromatic nitrogens is 2. The second kappa shape index (κ2) is 8.74. The van der Waals surface area contributed by atoms with Crippen LogP contribution >= 0.6 is 0 Å². The Labute approximate surface area is 178 Å². The van der Waals surface area contributed by atoms with Gasteiger partial charge in [-0.15, -0.1) is 0 Å². The molecule has 0 fully saturated rings. The average Bonchev–Trinajstić information content (AvgIpc) is 3.17. The van der Waals surface area contributed by atoms with Gasteiger partial charge >= 0.3 is 0 Å². The molecule has 30 heavy (non-hydrogen) atoms. The fourth-order valence-corrected chi connectivity index (χ4v) is 4.43. The van der Waals surface area contributed by atoms with E-state index in [4.69, 9.17) is 4.74 Å². The molecule has 2 aromatic carbocycles. The number of aryl methyl sites for hydroxylation is 3. The Kier molecular flexibility index (Phi) is 5.88. The smallest absolute Gasteiger partial charge is 0.220 e. The van der Waals surface area contributed by atoms with E-state index in [-0.39, 0.29) is 11.9 Å². The molecule has 1 heterocycles. The molecule has 1 atom stereocenters. The summed E-state index contributed by atoms with van der Waals surface area (Å²) in [5.41, 5.74) is 6.96. The summed E-state index contributed by atoms with van der Waals surface area (Å²) in [6.45, 7) is 4.22. The molecule has 0 unspecified atom stereocenters. The molecule has 3 aromatic rings. The van der Waals surface area contributed by atoms with Crippen LogP contribution in [0.1, 0.15) is 53.3 Å². The van der Waals surface area contributed by atoms with E-state index in [9.17, 15) is 4.79 Å². The first-order valence-electron chi connectivity index (χ1n) is 10.6. The van der Waals surface area contributed by atoms with Gasteiger partial charge in [-0.3, -0.25) is 4.79 Å². The van der Waals surface area contributed by atoms with Gasteiger partial charge in [-0.1, -0.05) is 24.3 Å².